The summed E-state index contributed by atoms with van der Waals surface area (Å²) in [6, 6.07) is 7.29. The molecule has 2 rings (SSSR count). The van der Waals surface area contributed by atoms with E-state index in [1.807, 2.05) is 26.0 Å². The van der Waals surface area contributed by atoms with Gasteiger partial charge >= 0.3 is 0 Å². The first-order chi connectivity index (χ1) is 9.88. The van der Waals surface area contributed by atoms with Crippen molar-refractivity contribution in [3.05, 3.63) is 61.3 Å². The van der Waals surface area contributed by atoms with Gasteiger partial charge in [0, 0.05) is 15.6 Å². The Balaban J connectivity index is 2.68. The second kappa shape index (κ2) is 6.80. The minimum Gasteiger partial charge on any atom is -0.496 e. The lowest BCUT2D eigenvalue weighted by Crippen LogP contribution is -2.04. The molecule has 0 radical (unpaired) electrons. The number of benzene rings is 2. The zero-order valence-corrected chi connectivity index (χ0v) is 16.6. The molecule has 0 fully saturated rings. The monoisotopic (exact) mass is 478 g/mol. The molecule has 112 valence electrons. The molecule has 0 aliphatic carbocycles. The summed E-state index contributed by atoms with van der Waals surface area (Å²) in [6.45, 7) is 3.97. The number of methoxy groups -OCH3 is 1. The molecular weight excluding hydrogens is 467 g/mol. The zero-order chi connectivity index (χ0) is 15.7. The molecule has 0 saturated carbocycles. The highest BCUT2D eigenvalue weighted by molar-refractivity contribution is 9.11. The van der Waals surface area contributed by atoms with Crippen LogP contribution in [0.5, 0.6) is 5.75 Å². The molecule has 0 spiro atoms. The number of alkyl halides is 1. The Morgan fingerprint density at radius 2 is 1.81 bits per heavy atom. The van der Waals surface area contributed by atoms with Crippen LogP contribution in [0.2, 0.25) is 0 Å². The van der Waals surface area contributed by atoms with Crippen LogP contribution in [-0.2, 0) is 0 Å². The first-order valence-electron chi connectivity index (χ1n) is 6.30. The number of hydrogen-bond donors (Lipinski definition) is 0. The third-order valence-electron chi connectivity index (χ3n) is 3.42. The standard InChI is InChI=1S/C16H14Br3FO/c1-8-7-12(18)9(2)13(16(8)21-3)14(19)10-5-4-6-11(17)15(10)20/h4-7,14H,1-3H3. The van der Waals surface area contributed by atoms with Crippen LogP contribution in [-0.4, -0.2) is 7.11 Å². The first-order valence-corrected chi connectivity index (χ1v) is 8.80. The fourth-order valence-electron chi connectivity index (χ4n) is 2.32. The highest BCUT2D eigenvalue weighted by Gasteiger charge is 2.24. The lowest BCUT2D eigenvalue weighted by Gasteiger charge is -2.21. The minimum absolute atomic E-state index is 0.265. The Labute approximate surface area is 149 Å². The van der Waals surface area contributed by atoms with Crippen LogP contribution < -0.4 is 4.74 Å². The molecule has 0 heterocycles. The van der Waals surface area contributed by atoms with Crippen LogP contribution in [0, 0.1) is 19.7 Å². The van der Waals surface area contributed by atoms with Crippen molar-refractivity contribution >= 4 is 47.8 Å². The fraction of sp³-hybridized carbons (Fsp3) is 0.250. The van der Waals surface area contributed by atoms with Crippen molar-refractivity contribution in [3.8, 4) is 5.75 Å². The Hall–Kier alpha value is -0.390. The van der Waals surface area contributed by atoms with E-state index >= 15 is 0 Å². The summed E-state index contributed by atoms with van der Waals surface area (Å²) in [4.78, 5) is -0.291. The van der Waals surface area contributed by atoms with Crippen LogP contribution in [0.25, 0.3) is 0 Å². The quantitative estimate of drug-likeness (QED) is 0.458. The second-order valence-electron chi connectivity index (χ2n) is 4.75. The van der Waals surface area contributed by atoms with Crippen LogP contribution in [0.1, 0.15) is 27.1 Å². The van der Waals surface area contributed by atoms with Crippen molar-refractivity contribution in [2.45, 2.75) is 18.7 Å². The lowest BCUT2D eigenvalue weighted by atomic mass is 9.96. The van der Waals surface area contributed by atoms with Crippen LogP contribution >= 0.6 is 47.8 Å². The molecule has 0 N–H and O–H groups in total. The summed E-state index contributed by atoms with van der Waals surface area (Å²) >= 11 is 10.4. The van der Waals surface area contributed by atoms with Crippen molar-refractivity contribution < 1.29 is 9.13 Å². The molecule has 2 aromatic rings. The molecule has 1 nitrogen and oxygen atoms in total. The minimum atomic E-state index is -0.291. The topological polar surface area (TPSA) is 9.23 Å². The fourth-order valence-corrected chi connectivity index (χ4v) is 4.17. The van der Waals surface area contributed by atoms with E-state index in [9.17, 15) is 4.39 Å². The molecule has 1 atom stereocenters. The van der Waals surface area contributed by atoms with Gasteiger partial charge in [-0.25, -0.2) is 4.39 Å². The number of rotatable bonds is 3. The molecule has 0 aliphatic heterocycles. The second-order valence-corrected chi connectivity index (χ2v) is 7.38. The SMILES string of the molecule is COc1c(C)cc(Br)c(C)c1C(Br)c1cccc(Br)c1F. The number of aryl methyl sites for hydroxylation is 1. The van der Waals surface area contributed by atoms with Crippen molar-refractivity contribution in [3.63, 3.8) is 0 Å². The maximum absolute atomic E-state index is 14.4. The van der Waals surface area contributed by atoms with Gasteiger partial charge in [-0.1, -0.05) is 44.0 Å². The zero-order valence-electron chi connectivity index (χ0n) is 11.8. The van der Waals surface area contributed by atoms with E-state index < -0.39 is 0 Å². The van der Waals surface area contributed by atoms with E-state index in [0.29, 0.717) is 10.0 Å². The van der Waals surface area contributed by atoms with Gasteiger partial charge in [-0.05, 0) is 53.0 Å². The molecule has 0 aromatic heterocycles. The molecule has 21 heavy (non-hydrogen) atoms. The number of hydrogen-bond acceptors (Lipinski definition) is 1. The van der Waals surface area contributed by atoms with Crippen LogP contribution in [0.3, 0.4) is 0 Å². The van der Waals surface area contributed by atoms with Gasteiger partial charge in [0.1, 0.15) is 11.6 Å². The van der Waals surface area contributed by atoms with Crippen molar-refractivity contribution in [2.24, 2.45) is 0 Å². The summed E-state index contributed by atoms with van der Waals surface area (Å²) in [6.07, 6.45) is 0. The predicted molar refractivity (Wildman–Crippen MR) is 95.0 cm³/mol. The van der Waals surface area contributed by atoms with E-state index in [-0.39, 0.29) is 10.6 Å². The Bertz CT molecular complexity index is 686. The maximum atomic E-state index is 14.4. The molecule has 1 unspecified atom stereocenters. The molecule has 0 saturated heterocycles. The van der Waals surface area contributed by atoms with Gasteiger partial charge in [0.15, 0.2) is 0 Å². The van der Waals surface area contributed by atoms with Gasteiger partial charge in [0.05, 0.1) is 16.4 Å². The van der Waals surface area contributed by atoms with Crippen LogP contribution in [0.15, 0.2) is 33.2 Å². The van der Waals surface area contributed by atoms with E-state index in [4.69, 9.17) is 4.74 Å². The predicted octanol–water partition coefficient (Wildman–Crippen LogP) is 6.46. The van der Waals surface area contributed by atoms with Crippen molar-refractivity contribution in [1.29, 1.82) is 0 Å². The van der Waals surface area contributed by atoms with E-state index in [1.165, 1.54) is 0 Å². The third kappa shape index (κ3) is 3.20. The number of ether oxygens (including phenoxy) is 1. The van der Waals surface area contributed by atoms with E-state index in [1.54, 1.807) is 19.2 Å². The summed E-state index contributed by atoms with van der Waals surface area (Å²) in [5.74, 6) is 0.510. The van der Waals surface area contributed by atoms with Gasteiger partial charge < -0.3 is 4.74 Å². The molecule has 0 bridgehead atoms. The van der Waals surface area contributed by atoms with Crippen molar-refractivity contribution in [1.82, 2.24) is 0 Å². The Morgan fingerprint density at radius 3 is 2.43 bits per heavy atom. The Morgan fingerprint density at radius 1 is 1.14 bits per heavy atom. The summed E-state index contributed by atoms with van der Waals surface area (Å²) in [5.41, 5.74) is 3.54. The third-order valence-corrected chi connectivity index (χ3v) is 5.81. The average molecular weight is 481 g/mol. The molecule has 5 heteroatoms. The highest BCUT2D eigenvalue weighted by Crippen LogP contribution is 2.44. The van der Waals surface area contributed by atoms with Gasteiger partial charge in [0.25, 0.3) is 0 Å². The normalized spacial score (nSPS) is 12.3. The summed E-state index contributed by atoms with van der Waals surface area (Å²) < 4.78 is 21.4. The van der Waals surface area contributed by atoms with Gasteiger partial charge in [-0.2, -0.15) is 0 Å². The maximum Gasteiger partial charge on any atom is 0.142 e. The smallest absolute Gasteiger partial charge is 0.142 e. The first kappa shape index (κ1) is 17.0. The summed E-state index contributed by atoms with van der Waals surface area (Å²) in [7, 11) is 1.64. The van der Waals surface area contributed by atoms with E-state index in [2.05, 4.69) is 47.8 Å². The largest absolute Gasteiger partial charge is 0.496 e. The molecule has 0 amide bonds. The van der Waals surface area contributed by atoms with Gasteiger partial charge in [-0.15, -0.1) is 0 Å². The number of halogens is 4. The lowest BCUT2D eigenvalue weighted by molar-refractivity contribution is 0.406. The molecule has 2 aromatic carbocycles. The highest BCUT2D eigenvalue weighted by atomic mass is 79.9. The van der Waals surface area contributed by atoms with Gasteiger partial charge in [-0.3, -0.25) is 0 Å². The van der Waals surface area contributed by atoms with E-state index in [0.717, 1.165) is 26.9 Å². The van der Waals surface area contributed by atoms with Gasteiger partial charge in [0.2, 0.25) is 0 Å². The molecular formula is C16H14Br3FO. The average Bonchev–Trinajstić information content (AvgIpc) is 2.44. The summed E-state index contributed by atoms with van der Waals surface area (Å²) in [5, 5.41) is 0. The van der Waals surface area contributed by atoms with Crippen LogP contribution in [0.4, 0.5) is 4.39 Å². The Kier molecular flexibility index (Phi) is 5.49. The molecule has 0 aliphatic rings. The van der Waals surface area contributed by atoms with Crippen molar-refractivity contribution in [2.75, 3.05) is 7.11 Å².